The Labute approximate surface area is 143 Å². The monoisotopic (exact) mass is 326 g/mol. The molecule has 2 fully saturated rings. The number of carbonyl (C=O) groups excluding carboxylic acids is 1. The summed E-state index contributed by atoms with van der Waals surface area (Å²) < 4.78 is 0. The lowest BCUT2D eigenvalue weighted by molar-refractivity contribution is -0.121. The quantitative estimate of drug-likeness (QED) is 0.845. The highest BCUT2D eigenvalue weighted by Crippen LogP contribution is 2.37. The minimum Gasteiger partial charge on any atom is -0.357 e. The van der Waals surface area contributed by atoms with E-state index in [4.69, 9.17) is 0 Å². The lowest BCUT2D eigenvalue weighted by Gasteiger charge is -2.35. The third-order valence-electron chi connectivity index (χ3n) is 5.55. The Hall–Kier alpha value is -1.91. The zero-order valence-corrected chi connectivity index (χ0v) is 14.2. The Morgan fingerprint density at radius 2 is 2.04 bits per heavy atom. The van der Waals surface area contributed by atoms with Gasteiger partial charge in [-0.05, 0) is 44.9 Å². The van der Waals surface area contributed by atoms with Crippen LogP contribution in [-0.4, -0.2) is 35.0 Å². The van der Waals surface area contributed by atoms with Gasteiger partial charge in [-0.3, -0.25) is 4.79 Å². The number of allylic oxidation sites excluding steroid dienone is 1. The van der Waals surface area contributed by atoms with E-state index in [2.05, 4.69) is 32.3 Å². The second-order valence-electron chi connectivity index (χ2n) is 7.36. The molecule has 5 heteroatoms. The molecule has 2 aliphatic carbocycles. The maximum atomic E-state index is 12.1. The molecule has 0 aromatic carbocycles. The van der Waals surface area contributed by atoms with Crippen LogP contribution in [0.5, 0.6) is 0 Å². The van der Waals surface area contributed by atoms with Gasteiger partial charge in [0, 0.05) is 43.2 Å². The van der Waals surface area contributed by atoms with Crippen LogP contribution in [0.4, 0.5) is 5.82 Å². The van der Waals surface area contributed by atoms with Crippen molar-refractivity contribution >= 4 is 11.7 Å². The highest BCUT2D eigenvalue weighted by molar-refractivity contribution is 5.79. The molecular formula is C19H26N4O. The second kappa shape index (κ2) is 6.91. The summed E-state index contributed by atoms with van der Waals surface area (Å²) in [6.07, 6.45) is 12.5. The van der Waals surface area contributed by atoms with E-state index >= 15 is 0 Å². The van der Waals surface area contributed by atoms with Crippen molar-refractivity contribution < 1.29 is 4.79 Å². The van der Waals surface area contributed by atoms with Gasteiger partial charge < -0.3 is 10.2 Å². The summed E-state index contributed by atoms with van der Waals surface area (Å²) in [4.78, 5) is 23.3. The predicted molar refractivity (Wildman–Crippen MR) is 93.9 cm³/mol. The summed E-state index contributed by atoms with van der Waals surface area (Å²) >= 11 is 0. The molecule has 5 nitrogen and oxygen atoms in total. The van der Waals surface area contributed by atoms with Gasteiger partial charge in [0.2, 0.25) is 5.91 Å². The van der Waals surface area contributed by atoms with Crippen molar-refractivity contribution in [2.75, 3.05) is 18.0 Å². The largest absolute Gasteiger partial charge is 0.357 e. The van der Waals surface area contributed by atoms with Gasteiger partial charge in [0.1, 0.15) is 12.1 Å². The Morgan fingerprint density at radius 3 is 2.79 bits per heavy atom. The van der Waals surface area contributed by atoms with Crippen molar-refractivity contribution in [2.45, 2.75) is 63.3 Å². The van der Waals surface area contributed by atoms with E-state index in [9.17, 15) is 4.79 Å². The molecule has 1 N–H and O–H groups in total. The molecule has 1 amide bonds. The first-order valence-corrected chi connectivity index (χ1v) is 9.32. The van der Waals surface area contributed by atoms with Gasteiger partial charge in [-0.25, -0.2) is 9.97 Å². The number of hydrogen-bond acceptors (Lipinski definition) is 4. The topological polar surface area (TPSA) is 58.1 Å². The van der Waals surface area contributed by atoms with Crippen LogP contribution in [0.1, 0.15) is 63.0 Å². The molecular weight excluding hydrogens is 300 g/mol. The van der Waals surface area contributed by atoms with E-state index in [1.54, 1.807) is 6.33 Å². The van der Waals surface area contributed by atoms with Crippen LogP contribution in [0.2, 0.25) is 0 Å². The fraction of sp³-hybridized carbons (Fsp3) is 0.632. The maximum Gasteiger partial charge on any atom is 0.224 e. The number of nitrogens with zero attached hydrogens (tertiary/aromatic N) is 3. The van der Waals surface area contributed by atoms with Crippen molar-refractivity contribution in [1.29, 1.82) is 0 Å². The molecule has 3 aliphatic rings. The Kier molecular flexibility index (Phi) is 4.50. The lowest BCUT2D eigenvalue weighted by Crippen LogP contribution is -2.43. The van der Waals surface area contributed by atoms with Gasteiger partial charge in [0.05, 0.1) is 0 Å². The molecule has 1 aromatic heterocycles. The van der Waals surface area contributed by atoms with E-state index in [1.807, 2.05) is 0 Å². The highest BCUT2D eigenvalue weighted by atomic mass is 16.1. The minimum absolute atomic E-state index is 0.187. The van der Waals surface area contributed by atoms with E-state index in [0.717, 1.165) is 50.3 Å². The number of anilines is 1. The average molecular weight is 326 g/mol. The summed E-state index contributed by atoms with van der Waals surface area (Å²) in [6, 6.07) is 2.46. The number of amides is 1. The first-order chi connectivity index (χ1) is 11.8. The van der Waals surface area contributed by atoms with E-state index in [-0.39, 0.29) is 5.91 Å². The van der Waals surface area contributed by atoms with Gasteiger partial charge >= 0.3 is 0 Å². The molecule has 128 valence electrons. The maximum absolute atomic E-state index is 12.1. The van der Waals surface area contributed by atoms with Crippen LogP contribution in [0.25, 0.3) is 0 Å². The van der Waals surface area contributed by atoms with Gasteiger partial charge in [-0.15, -0.1) is 0 Å². The van der Waals surface area contributed by atoms with Crippen LogP contribution in [0.15, 0.2) is 24.0 Å². The van der Waals surface area contributed by atoms with E-state index < -0.39 is 0 Å². The third-order valence-corrected chi connectivity index (χ3v) is 5.55. The Balaban J connectivity index is 1.27. The molecule has 4 rings (SSSR count). The van der Waals surface area contributed by atoms with Crippen LogP contribution >= 0.6 is 0 Å². The molecule has 0 bridgehead atoms. The number of aromatic nitrogens is 2. The summed E-state index contributed by atoms with van der Waals surface area (Å²) in [7, 11) is 0. The van der Waals surface area contributed by atoms with Gasteiger partial charge in [-0.2, -0.15) is 0 Å². The van der Waals surface area contributed by atoms with Crippen molar-refractivity contribution in [3.05, 3.63) is 29.7 Å². The van der Waals surface area contributed by atoms with Crippen LogP contribution < -0.4 is 10.2 Å². The molecule has 1 saturated carbocycles. The second-order valence-corrected chi connectivity index (χ2v) is 7.36. The molecule has 24 heavy (non-hydrogen) atoms. The predicted octanol–water partition coefficient (Wildman–Crippen LogP) is 2.94. The Bertz CT molecular complexity index is 630. The number of carbonyl (C=O) groups is 1. The summed E-state index contributed by atoms with van der Waals surface area (Å²) in [5.41, 5.74) is 2.45. The van der Waals surface area contributed by atoms with Crippen molar-refractivity contribution in [2.24, 2.45) is 0 Å². The van der Waals surface area contributed by atoms with Gasteiger partial charge in [-0.1, -0.05) is 11.6 Å². The molecule has 1 aromatic rings. The molecule has 1 aliphatic heterocycles. The number of hydrogen-bond donors (Lipinski definition) is 1. The summed E-state index contributed by atoms with van der Waals surface area (Å²) in [5.74, 6) is 1.72. The SMILES string of the molecule is O=C(CC1=CCCC1)NC1CC(c2cc(N3CCCC3)ncn2)C1. The third kappa shape index (κ3) is 3.45. The zero-order valence-electron chi connectivity index (χ0n) is 14.2. The van der Waals surface area contributed by atoms with Gasteiger partial charge in [0.25, 0.3) is 0 Å². The average Bonchev–Trinajstić information content (AvgIpc) is 3.24. The molecule has 0 radical (unpaired) electrons. The van der Waals surface area contributed by atoms with E-state index in [0.29, 0.717) is 18.4 Å². The van der Waals surface area contributed by atoms with Gasteiger partial charge in [0.15, 0.2) is 0 Å². The summed E-state index contributed by atoms with van der Waals surface area (Å²) in [5, 5.41) is 3.18. The Morgan fingerprint density at radius 1 is 1.21 bits per heavy atom. The standard InChI is InChI=1S/C19H26N4O/c24-19(9-14-5-1-2-6-14)22-16-10-15(11-16)17-12-18(21-13-20-17)23-7-3-4-8-23/h5,12-13,15-16H,1-4,6-11H2,(H,22,24). The minimum atomic E-state index is 0.187. The van der Waals surface area contributed by atoms with Crippen molar-refractivity contribution in [3.63, 3.8) is 0 Å². The number of nitrogens with one attached hydrogen (secondary N) is 1. The fourth-order valence-electron chi connectivity index (χ4n) is 4.06. The molecule has 0 spiro atoms. The first kappa shape index (κ1) is 15.6. The highest BCUT2D eigenvalue weighted by Gasteiger charge is 2.33. The van der Waals surface area contributed by atoms with E-state index in [1.165, 1.54) is 24.8 Å². The zero-order chi connectivity index (χ0) is 16.4. The summed E-state index contributed by atoms with van der Waals surface area (Å²) in [6.45, 7) is 2.21. The molecule has 2 heterocycles. The van der Waals surface area contributed by atoms with Crippen LogP contribution in [0, 0.1) is 0 Å². The molecule has 0 unspecified atom stereocenters. The van der Waals surface area contributed by atoms with Crippen LogP contribution in [0.3, 0.4) is 0 Å². The number of rotatable bonds is 5. The smallest absolute Gasteiger partial charge is 0.224 e. The van der Waals surface area contributed by atoms with Crippen molar-refractivity contribution in [3.8, 4) is 0 Å². The molecule has 0 atom stereocenters. The normalized spacial score (nSPS) is 26.2. The first-order valence-electron chi connectivity index (χ1n) is 9.32. The fourth-order valence-corrected chi connectivity index (χ4v) is 4.06. The molecule has 1 saturated heterocycles. The lowest BCUT2D eigenvalue weighted by atomic mass is 9.78. The van der Waals surface area contributed by atoms with Crippen molar-refractivity contribution in [1.82, 2.24) is 15.3 Å². The van der Waals surface area contributed by atoms with Crippen LogP contribution in [-0.2, 0) is 4.79 Å².